The van der Waals surface area contributed by atoms with Crippen LogP contribution in [-0.2, 0) is 4.79 Å². The van der Waals surface area contributed by atoms with E-state index in [-0.39, 0.29) is 11.8 Å². The van der Waals surface area contributed by atoms with Gasteiger partial charge in [0.25, 0.3) is 5.91 Å². The number of hydrogen-bond acceptors (Lipinski definition) is 2. The third kappa shape index (κ3) is 2.86. The van der Waals surface area contributed by atoms with E-state index >= 15 is 0 Å². The first-order valence-corrected chi connectivity index (χ1v) is 7.78. The van der Waals surface area contributed by atoms with Crippen LogP contribution in [-0.4, -0.2) is 41.4 Å². The van der Waals surface area contributed by atoms with Crippen LogP contribution in [0.25, 0.3) is 5.69 Å². The summed E-state index contributed by atoms with van der Waals surface area (Å²) >= 11 is 0. The summed E-state index contributed by atoms with van der Waals surface area (Å²) in [6.45, 7) is 2.98. The molecule has 1 aliphatic heterocycles. The zero-order valence-corrected chi connectivity index (χ0v) is 13.5. The highest BCUT2D eigenvalue weighted by Crippen LogP contribution is 2.31. The Kier molecular flexibility index (Phi) is 3.94. The predicted octanol–water partition coefficient (Wildman–Crippen LogP) is 2.08. The van der Waals surface area contributed by atoms with Crippen LogP contribution in [0, 0.1) is 5.41 Å². The van der Waals surface area contributed by atoms with Crippen LogP contribution in [0.5, 0.6) is 0 Å². The van der Waals surface area contributed by atoms with Crippen LogP contribution in [0.15, 0.2) is 48.8 Å². The topological polar surface area (TPSA) is 54.3 Å². The molecule has 0 spiro atoms. The van der Waals surface area contributed by atoms with Crippen LogP contribution in [0.1, 0.15) is 23.7 Å². The first kappa shape index (κ1) is 15.3. The molecule has 0 radical (unpaired) electrons. The van der Waals surface area contributed by atoms with Gasteiger partial charge >= 0.3 is 0 Å². The van der Waals surface area contributed by atoms with Gasteiger partial charge in [-0.15, -0.1) is 0 Å². The number of rotatable bonds is 3. The van der Waals surface area contributed by atoms with Gasteiger partial charge in [0.05, 0.1) is 5.41 Å². The van der Waals surface area contributed by atoms with E-state index in [2.05, 4.69) is 5.32 Å². The number of nitrogens with one attached hydrogen (secondary N) is 1. The summed E-state index contributed by atoms with van der Waals surface area (Å²) in [5, 5.41) is 2.69. The quantitative estimate of drug-likeness (QED) is 0.943. The molecule has 0 aliphatic carbocycles. The van der Waals surface area contributed by atoms with Crippen molar-refractivity contribution in [2.75, 3.05) is 20.1 Å². The lowest BCUT2D eigenvalue weighted by Crippen LogP contribution is -2.40. The zero-order valence-electron chi connectivity index (χ0n) is 13.5. The highest BCUT2D eigenvalue weighted by Gasteiger charge is 2.41. The van der Waals surface area contributed by atoms with Gasteiger partial charge in [0.2, 0.25) is 5.91 Å². The molecule has 2 heterocycles. The molecule has 3 rings (SSSR count). The summed E-state index contributed by atoms with van der Waals surface area (Å²) in [5.41, 5.74) is 1.11. The third-order valence-corrected chi connectivity index (χ3v) is 4.53. The Morgan fingerprint density at radius 2 is 1.91 bits per heavy atom. The minimum atomic E-state index is -0.498. The molecule has 1 fully saturated rings. The van der Waals surface area contributed by atoms with Gasteiger partial charge in [-0.2, -0.15) is 0 Å². The fourth-order valence-electron chi connectivity index (χ4n) is 3.11. The van der Waals surface area contributed by atoms with Crippen molar-refractivity contribution < 1.29 is 9.59 Å². The van der Waals surface area contributed by atoms with Crippen molar-refractivity contribution in [1.82, 2.24) is 14.8 Å². The maximum absolute atomic E-state index is 12.8. The summed E-state index contributed by atoms with van der Waals surface area (Å²) in [5.74, 6) is -0.0273. The van der Waals surface area contributed by atoms with Gasteiger partial charge < -0.3 is 14.8 Å². The summed E-state index contributed by atoms with van der Waals surface area (Å²) in [6.07, 6.45) is 4.58. The minimum absolute atomic E-state index is 0.00566. The lowest BCUT2D eigenvalue weighted by Gasteiger charge is -2.23. The zero-order chi connectivity index (χ0) is 16.4. The van der Waals surface area contributed by atoms with E-state index < -0.39 is 5.41 Å². The third-order valence-electron chi connectivity index (χ3n) is 4.53. The number of carbonyl (C=O) groups excluding carboxylic acids is 2. The number of hydrogen-bond donors (Lipinski definition) is 1. The first-order valence-electron chi connectivity index (χ1n) is 7.78. The molecule has 0 bridgehead atoms. The number of nitrogens with zero attached hydrogens (tertiary/aromatic N) is 2. The largest absolute Gasteiger partial charge is 0.359 e. The molecule has 2 aromatic rings. The molecule has 1 aliphatic rings. The molecule has 2 amide bonds. The summed E-state index contributed by atoms with van der Waals surface area (Å²) in [7, 11) is 1.64. The molecular formula is C18H21N3O2. The summed E-state index contributed by atoms with van der Waals surface area (Å²) < 4.78 is 1.97. The van der Waals surface area contributed by atoms with Crippen LogP contribution in [0.4, 0.5) is 0 Å². The number of likely N-dealkylation sites (tertiary alicyclic amines) is 1. The Bertz CT molecular complexity index is 724. The predicted molar refractivity (Wildman–Crippen MR) is 88.5 cm³/mol. The molecule has 0 saturated carbocycles. The number of carbonyl (C=O) groups is 2. The van der Waals surface area contributed by atoms with E-state index in [4.69, 9.17) is 0 Å². The van der Waals surface area contributed by atoms with Crippen LogP contribution < -0.4 is 5.32 Å². The van der Waals surface area contributed by atoms with Gasteiger partial charge in [-0.3, -0.25) is 9.59 Å². The number of amides is 2. The van der Waals surface area contributed by atoms with Gasteiger partial charge in [0.1, 0.15) is 0 Å². The fraction of sp³-hybridized carbons (Fsp3) is 0.333. The lowest BCUT2D eigenvalue weighted by atomic mass is 9.89. The molecule has 23 heavy (non-hydrogen) atoms. The molecule has 1 unspecified atom stereocenters. The first-order chi connectivity index (χ1) is 11.0. The minimum Gasteiger partial charge on any atom is -0.359 e. The molecule has 1 aromatic carbocycles. The Morgan fingerprint density at radius 3 is 2.61 bits per heavy atom. The summed E-state index contributed by atoms with van der Waals surface area (Å²) in [6, 6.07) is 11.5. The van der Waals surface area contributed by atoms with Crippen molar-refractivity contribution in [2.24, 2.45) is 5.41 Å². The highest BCUT2D eigenvalue weighted by atomic mass is 16.2. The lowest BCUT2D eigenvalue weighted by molar-refractivity contribution is -0.128. The van der Waals surface area contributed by atoms with Crippen LogP contribution in [0.3, 0.4) is 0 Å². The van der Waals surface area contributed by atoms with Crippen molar-refractivity contribution in [2.45, 2.75) is 13.3 Å². The summed E-state index contributed by atoms with van der Waals surface area (Å²) in [4.78, 5) is 26.5. The Morgan fingerprint density at radius 1 is 1.17 bits per heavy atom. The smallest absolute Gasteiger partial charge is 0.253 e. The molecule has 5 heteroatoms. The standard InChI is InChI=1S/C18H21N3O2/c1-18(17(23)19-2)8-11-21(13-18)16(22)14-6-5-7-15(12-14)20-9-3-4-10-20/h3-7,9-10,12H,8,11,13H2,1-2H3,(H,19,23). The fourth-order valence-corrected chi connectivity index (χ4v) is 3.11. The number of benzene rings is 1. The van der Waals surface area contributed by atoms with Crippen LogP contribution >= 0.6 is 0 Å². The SMILES string of the molecule is CNC(=O)C1(C)CCN(C(=O)c2cccc(-n3cccc3)c2)C1. The molecule has 5 nitrogen and oxygen atoms in total. The van der Waals surface area contributed by atoms with Crippen molar-refractivity contribution in [1.29, 1.82) is 0 Å². The van der Waals surface area contributed by atoms with Crippen molar-refractivity contribution >= 4 is 11.8 Å². The second kappa shape index (κ2) is 5.91. The molecular weight excluding hydrogens is 290 g/mol. The Hall–Kier alpha value is -2.56. The average molecular weight is 311 g/mol. The van der Waals surface area contributed by atoms with Gasteiger partial charge in [0, 0.05) is 43.8 Å². The van der Waals surface area contributed by atoms with Crippen molar-refractivity contribution in [3.63, 3.8) is 0 Å². The number of aromatic nitrogens is 1. The Balaban J connectivity index is 1.79. The van der Waals surface area contributed by atoms with E-state index in [0.29, 0.717) is 25.1 Å². The van der Waals surface area contributed by atoms with Crippen molar-refractivity contribution in [3.05, 3.63) is 54.4 Å². The van der Waals surface area contributed by atoms with Gasteiger partial charge in [0.15, 0.2) is 0 Å². The Labute approximate surface area is 135 Å². The second-order valence-electron chi connectivity index (χ2n) is 6.26. The highest BCUT2D eigenvalue weighted by molar-refractivity contribution is 5.96. The normalized spacial score (nSPS) is 20.5. The van der Waals surface area contributed by atoms with E-state index in [1.54, 1.807) is 11.9 Å². The maximum atomic E-state index is 12.8. The molecule has 1 saturated heterocycles. The van der Waals surface area contributed by atoms with E-state index in [1.165, 1.54) is 0 Å². The molecule has 1 N–H and O–H groups in total. The van der Waals surface area contributed by atoms with E-state index in [0.717, 1.165) is 5.69 Å². The van der Waals surface area contributed by atoms with Gasteiger partial charge in [-0.1, -0.05) is 6.07 Å². The monoisotopic (exact) mass is 311 g/mol. The van der Waals surface area contributed by atoms with Gasteiger partial charge in [-0.25, -0.2) is 0 Å². The maximum Gasteiger partial charge on any atom is 0.253 e. The van der Waals surface area contributed by atoms with Crippen molar-refractivity contribution in [3.8, 4) is 5.69 Å². The molecule has 120 valence electrons. The van der Waals surface area contributed by atoms with Crippen LogP contribution in [0.2, 0.25) is 0 Å². The van der Waals surface area contributed by atoms with E-state index in [9.17, 15) is 9.59 Å². The second-order valence-corrected chi connectivity index (χ2v) is 6.26. The van der Waals surface area contributed by atoms with E-state index in [1.807, 2.05) is 60.3 Å². The molecule has 1 aromatic heterocycles. The van der Waals surface area contributed by atoms with Gasteiger partial charge in [-0.05, 0) is 43.7 Å². The molecule has 1 atom stereocenters. The average Bonchev–Trinajstić information content (AvgIpc) is 3.24.